The lowest BCUT2D eigenvalue weighted by molar-refractivity contribution is 0.0686. The van der Waals surface area contributed by atoms with E-state index in [0.717, 1.165) is 12.1 Å². The Kier molecular flexibility index (Phi) is 2.84. The second kappa shape index (κ2) is 4.17. The molecular weight excluding hydrogens is 297 g/mol. The molecule has 0 radical (unpaired) electrons. The summed E-state index contributed by atoms with van der Waals surface area (Å²) < 4.78 is 17.9. The first kappa shape index (κ1) is 11.6. The Morgan fingerprint density at radius 3 is 2.71 bits per heavy atom. The van der Waals surface area contributed by atoms with Crippen LogP contribution in [0.1, 0.15) is 10.5 Å². The van der Waals surface area contributed by atoms with Crippen LogP contribution in [0.3, 0.4) is 0 Å². The Labute approximate surface area is 103 Å². The van der Waals surface area contributed by atoms with Crippen molar-refractivity contribution in [2.45, 2.75) is 0 Å². The maximum Gasteiger partial charge on any atom is 0.358 e. The van der Waals surface area contributed by atoms with E-state index >= 15 is 0 Å². The highest BCUT2D eigenvalue weighted by molar-refractivity contribution is 9.10. The molecule has 0 saturated carbocycles. The molecular formula is C10H5BrFNO4. The van der Waals surface area contributed by atoms with Gasteiger partial charge in [-0.1, -0.05) is 5.16 Å². The van der Waals surface area contributed by atoms with Gasteiger partial charge in [-0.05, 0) is 22.0 Å². The van der Waals surface area contributed by atoms with Crippen LogP contribution >= 0.6 is 15.9 Å². The van der Waals surface area contributed by atoms with E-state index < -0.39 is 11.8 Å². The molecule has 7 heteroatoms. The molecule has 0 unspecified atom stereocenters. The molecule has 0 aliphatic carbocycles. The number of halogens is 2. The van der Waals surface area contributed by atoms with Gasteiger partial charge >= 0.3 is 5.97 Å². The minimum absolute atomic E-state index is 0.0422. The highest BCUT2D eigenvalue weighted by Gasteiger charge is 2.16. The maximum atomic E-state index is 13.1. The van der Waals surface area contributed by atoms with Crippen molar-refractivity contribution in [2.75, 3.05) is 0 Å². The van der Waals surface area contributed by atoms with Crippen LogP contribution in [-0.2, 0) is 0 Å². The van der Waals surface area contributed by atoms with Crippen molar-refractivity contribution in [2.24, 2.45) is 0 Å². The first-order valence-electron chi connectivity index (χ1n) is 4.37. The van der Waals surface area contributed by atoms with E-state index in [1.54, 1.807) is 0 Å². The predicted octanol–water partition coefficient (Wildman–Crippen LogP) is 2.65. The molecule has 0 aliphatic rings. The first-order valence-corrected chi connectivity index (χ1v) is 5.16. The summed E-state index contributed by atoms with van der Waals surface area (Å²) in [5, 5.41) is 21.5. The molecule has 0 spiro atoms. The zero-order chi connectivity index (χ0) is 12.6. The van der Waals surface area contributed by atoms with Crippen molar-refractivity contribution >= 4 is 21.9 Å². The summed E-state index contributed by atoms with van der Waals surface area (Å²) in [6.07, 6.45) is 0. The number of carbonyl (C=O) groups is 1. The lowest BCUT2D eigenvalue weighted by Crippen LogP contribution is -1.94. The predicted molar refractivity (Wildman–Crippen MR) is 58.2 cm³/mol. The molecule has 17 heavy (non-hydrogen) atoms. The van der Waals surface area contributed by atoms with Crippen LogP contribution in [0.25, 0.3) is 11.3 Å². The lowest BCUT2D eigenvalue weighted by atomic mass is 10.1. The van der Waals surface area contributed by atoms with Gasteiger partial charge in [0.2, 0.25) is 0 Å². The van der Waals surface area contributed by atoms with Crippen molar-refractivity contribution in [1.29, 1.82) is 0 Å². The van der Waals surface area contributed by atoms with Crippen LogP contribution in [-0.4, -0.2) is 21.3 Å². The van der Waals surface area contributed by atoms with Crippen molar-refractivity contribution < 1.29 is 23.9 Å². The van der Waals surface area contributed by atoms with Crippen LogP contribution in [0.15, 0.2) is 27.2 Å². The number of carboxylic acids is 1. The summed E-state index contributed by atoms with van der Waals surface area (Å²) in [6, 6.07) is 3.31. The smallest absolute Gasteiger partial charge is 0.358 e. The highest BCUT2D eigenvalue weighted by Crippen LogP contribution is 2.33. The summed E-state index contributed by atoms with van der Waals surface area (Å²) in [5.41, 5.74) is -0.141. The van der Waals surface area contributed by atoms with E-state index in [2.05, 4.69) is 21.1 Å². The normalized spacial score (nSPS) is 10.5. The third-order valence-electron chi connectivity index (χ3n) is 2.03. The second-order valence-electron chi connectivity index (χ2n) is 3.17. The second-order valence-corrected chi connectivity index (χ2v) is 4.02. The van der Waals surface area contributed by atoms with Gasteiger partial charge in [-0.25, -0.2) is 9.18 Å². The summed E-state index contributed by atoms with van der Waals surface area (Å²) in [5.74, 6) is -2.20. The minimum atomic E-state index is -1.25. The lowest BCUT2D eigenvalue weighted by Gasteiger charge is -2.01. The molecule has 2 rings (SSSR count). The fraction of sp³-hybridized carbons (Fsp3) is 0. The SMILES string of the molecule is O=C(O)c1cc(-c2cc(Br)c(F)cc2O)on1. The van der Waals surface area contributed by atoms with Gasteiger partial charge in [0.1, 0.15) is 11.6 Å². The van der Waals surface area contributed by atoms with Crippen LogP contribution in [0.2, 0.25) is 0 Å². The number of nitrogens with zero attached hydrogens (tertiary/aromatic N) is 1. The summed E-state index contributed by atoms with van der Waals surface area (Å²) in [7, 11) is 0. The largest absolute Gasteiger partial charge is 0.507 e. The quantitative estimate of drug-likeness (QED) is 0.891. The molecule has 5 nitrogen and oxygen atoms in total. The molecule has 0 atom stereocenters. The van der Waals surface area contributed by atoms with Gasteiger partial charge in [0.25, 0.3) is 0 Å². The first-order chi connectivity index (χ1) is 7.99. The maximum absolute atomic E-state index is 13.1. The van der Waals surface area contributed by atoms with E-state index in [0.29, 0.717) is 0 Å². The molecule has 1 heterocycles. The third kappa shape index (κ3) is 2.14. The molecule has 0 saturated heterocycles. The molecule has 0 aliphatic heterocycles. The van der Waals surface area contributed by atoms with Gasteiger partial charge in [0.05, 0.1) is 10.0 Å². The zero-order valence-corrected chi connectivity index (χ0v) is 9.73. The number of carboxylic acid groups (broad SMARTS) is 1. The molecule has 0 amide bonds. The van der Waals surface area contributed by atoms with Gasteiger partial charge in [0, 0.05) is 12.1 Å². The summed E-state index contributed by atoms with van der Waals surface area (Å²) in [4.78, 5) is 10.6. The van der Waals surface area contributed by atoms with E-state index in [1.165, 1.54) is 6.07 Å². The Morgan fingerprint density at radius 1 is 1.41 bits per heavy atom. The number of hydrogen-bond acceptors (Lipinski definition) is 4. The minimum Gasteiger partial charge on any atom is -0.507 e. The van der Waals surface area contributed by atoms with E-state index in [1.807, 2.05) is 0 Å². The Balaban J connectivity index is 2.52. The Hall–Kier alpha value is -1.89. The van der Waals surface area contributed by atoms with Gasteiger partial charge in [0.15, 0.2) is 11.5 Å². The number of hydrogen-bond donors (Lipinski definition) is 2. The van der Waals surface area contributed by atoms with Crippen LogP contribution < -0.4 is 0 Å². The summed E-state index contributed by atoms with van der Waals surface area (Å²) >= 11 is 2.95. The number of rotatable bonds is 2. The molecule has 88 valence electrons. The van der Waals surface area contributed by atoms with E-state index in [4.69, 9.17) is 9.63 Å². The van der Waals surface area contributed by atoms with Gasteiger partial charge in [-0.15, -0.1) is 0 Å². The molecule has 1 aromatic carbocycles. The number of phenolic OH excluding ortho intramolecular Hbond substituents is 1. The molecule has 2 aromatic rings. The van der Waals surface area contributed by atoms with E-state index in [9.17, 15) is 14.3 Å². The Bertz CT molecular complexity index is 596. The number of aromatic carboxylic acids is 1. The topological polar surface area (TPSA) is 83.6 Å². The fourth-order valence-electron chi connectivity index (χ4n) is 1.24. The molecule has 0 bridgehead atoms. The Morgan fingerprint density at radius 2 is 2.12 bits per heavy atom. The number of phenols is 1. The van der Waals surface area contributed by atoms with Crippen molar-refractivity contribution in [3.05, 3.63) is 34.2 Å². The standard InChI is InChI=1S/C10H5BrFNO4/c11-5-1-4(8(14)2-6(5)12)9-3-7(10(15)16)13-17-9/h1-3,14H,(H,15,16). The number of benzene rings is 1. The molecule has 1 aromatic heterocycles. The van der Waals surface area contributed by atoms with Crippen LogP contribution in [0, 0.1) is 5.82 Å². The zero-order valence-electron chi connectivity index (χ0n) is 8.15. The fourth-order valence-corrected chi connectivity index (χ4v) is 1.58. The van der Waals surface area contributed by atoms with Gasteiger partial charge in [-0.2, -0.15) is 0 Å². The average Bonchev–Trinajstić information content (AvgIpc) is 2.72. The average molecular weight is 302 g/mol. The van der Waals surface area contributed by atoms with Crippen molar-refractivity contribution in [3.8, 4) is 17.1 Å². The van der Waals surface area contributed by atoms with Gasteiger partial charge in [-0.3, -0.25) is 0 Å². The third-order valence-corrected chi connectivity index (χ3v) is 2.64. The molecule has 2 N–H and O–H groups in total. The van der Waals surface area contributed by atoms with Crippen LogP contribution in [0.5, 0.6) is 5.75 Å². The van der Waals surface area contributed by atoms with Crippen molar-refractivity contribution in [3.63, 3.8) is 0 Å². The van der Waals surface area contributed by atoms with Crippen molar-refractivity contribution in [1.82, 2.24) is 5.16 Å². The summed E-state index contributed by atoms with van der Waals surface area (Å²) in [6.45, 7) is 0. The van der Waals surface area contributed by atoms with Crippen LogP contribution in [0.4, 0.5) is 4.39 Å². The highest BCUT2D eigenvalue weighted by atomic mass is 79.9. The number of aromatic nitrogens is 1. The van der Waals surface area contributed by atoms with Gasteiger partial charge < -0.3 is 14.7 Å². The monoisotopic (exact) mass is 301 g/mol. The number of aromatic hydroxyl groups is 1. The van der Waals surface area contributed by atoms with E-state index in [-0.39, 0.29) is 27.2 Å². The molecule has 0 fully saturated rings.